The average molecular weight is 487 g/mol. The highest BCUT2D eigenvalue weighted by Crippen LogP contribution is 2.33. The van der Waals surface area contributed by atoms with Crippen molar-refractivity contribution in [1.29, 1.82) is 0 Å². The first-order valence-corrected chi connectivity index (χ1v) is 11.6. The minimum Gasteiger partial charge on any atom is -0.456 e. The van der Waals surface area contributed by atoms with Gasteiger partial charge in [0.1, 0.15) is 29.4 Å². The molecule has 170 valence electrons. The standard InChI is InChI=1S/C22H19ClN4O5S/c23-12-7-13-20(27-22(25-13)32-15-9-31-18-14(28)8-30-19(15)18)26-16(12)10-1-3-11(4-2-10)17(29)21-24-5-6-33-21/h1-7,14-15,17-19,28-29H,8-9H2,(H,25,26,27)/t14-,15-,17?,18-,19-/m1/s1. The van der Waals surface area contributed by atoms with Crippen molar-refractivity contribution in [3.8, 4) is 17.3 Å². The molecule has 3 N–H and O–H groups in total. The van der Waals surface area contributed by atoms with Crippen LogP contribution in [0.4, 0.5) is 0 Å². The third-order valence-electron chi connectivity index (χ3n) is 5.83. The van der Waals surface area contributed by atoms with Gasteiger partial charge in [-0.15, -0.1) is 11.3 Å². The number of nitrogens with zero attached hydrogens (tertiary/aromatic N) is 3. The molecule has 0 spiro atoms. The minimum absolute atomic E-state index is 0.232. The van der Waals surface area contributed by atoms with Crippen LogP contribution in [0, 0.1) is 0 Å². The van der Waals surface area contributed by atoms with E-state index in [1.807, 2.05) is 29.6 Å². The third kappa shape index (κ3) is 3.78. The topological polar surface area (TPSA) is 123 Å². The van der Waals surface area contributed by atoms with E-state index < -0.39 is 12.2 Å². The number of fused-ring (bicyclic) bond motifs is 2. The molecule has 1 aromatic carbocycles. The number of hydrogen-bond acceptors (Lipinski definition) is 9. The Kier molecular flexibility index (Phi) is 5.28. The van der Waals surface area contributed by atoms with Crippen molar-refractivity contribution >= 4 is 34.1 Å². The molecule has 5 atom stereocenters. The van der Waals surface area contributed by atoms with Crippen LogP contribution in [0.15, 0.2) is 41.9 Å². The van der Waals surface area contributed by atoms with Gasteiger partial charge in [-0.2, -0.15) is 4.98 Å². The predicted octanol–water partition coefficient (Wildman–Crippen LogP) is 2.72. The maximum absolute atomic E-state index is 10.5. The number of aromatic amines is 1. The predicted molar refractivity (Wildman–Crippen MR) is 120 cm³/mol. The zero-order valence-corrected chi connectivity index (χ0v) is 18.7. The second kappa shape index (κ2) is 8.32. The first kappa shape index (κ1) is 21.0. The number of thiazole rings is 1. The molecular weight excluding hydrogens is 468 g/mol. The van der Waals surface area contributed by atoms with Crippen LogP contribution in [-0.4, -0.2) is 67.8 Å². The van der Waals surface area contributed by atoms with Gasteiger partial charge in [0.2, 0.25) is 0 Å². The van der Waals surface area contributed by atoms with Crippen molar-refractivity contribution in [2.75, 3.05) is 13.2 Å². The summed E-state index contributed by atoms with van der Waals surface area (Å²) in [6.07, 6.45) is -0.842. The van der Waals surface area contributed by atoms with Crippen LogP contribution in [0.5, 0.6) is 6.01 Å². The van der Waals surface area contributed by atoms with E-state index in [4.69, 9.17) is 25.8 Å². The lowest BCUT2D eigenvalue weighted by Gasteiger charge is -2.15. The van der Waals surface area contributed by atoms with Gasteiger partial charge in [-0.05, 0) is 11.6 Å². The van der Waals surface area contributed by atoms with Crippen molar-refractivity contribution in [2.24, 2.45) is 0 Å². The summed E-state index contributed by atoms with van der Waals surface area (Å²) in [7, 11) is 0. The smallest absolute Gasteiger partial charge is 0.296 e. The number of aromatic nitrogens is 4. The summed E-state index contributed by atoms with van der Waals surface area (Å²) in [4.78, 5) is 16.3. The Hall–Kier alpha value is -2.60. The summed E-state index contributed by atoms with van der Waals surface area (Å²) in [5.74, 6) is 0. The van der Waals surface area contributed by atoms with E-state index in [0.717, 1.165) is 11.1 Å². The summed E-state index contributed by atoms with van der Waals surface area (Å²) < 4.78 is 17.1. The van der Waals surface area contributed by atoms with Crippen LogP contribution >= 0.6 is 22.9 Å². The monoisotopic (exact) mass is 486 g/mol. The maximum atomic E-state index is 10.5. The molecule has 6 rings (SSSR count). The summed E-state index contributed by atoms with van der Waals surface area (Å²) in [6.45, 7) is 0.539. The number of hydrogen-bond donors (Lipinski definition) is 3. The average Bonchev–Trinajstić information content (AvgIpc) is 3.60. The van der Waals surface area contributed by atoms with Gasteiger partial charge in [0.15, 0.2) is 11.8 Å². The number of H-pyrrole nitrogens is 1. The lowest BCUT2D eigenvalue weighted by Crippen LogP contribution is -2.34. The molecule has 0 saturated carbocycles. The van der Waals surface area contributed by atoms with Crippen molar-refractivity contribution in [1.82, 2.24) is 19.9 Å². The number of imidazole rings is 1. The number of aliphatic hydroxyl groups excluding tert-OH is 2. The molecule has 2 fully saturated rings. The summed E-state index contributed by atoms with van der Waals surface area (Å²) in [6, 6.07) is 9.40. The molecule has 2 aliphatic rings. The Morgan fingerprint density at radius 2 is 1.97 bits per heavy atom. The zero-order chi connectivity index (χ0) is 22.5. The highest BCUT2D eigenvalue weighted by molar-refractivity contribution is 7.09. The van der Waals surface area contributed by atoms with Crippen LogP contribution in [0.2, 0.25) is 5.02 Å². The Bertz CT molecular complexity index is 1280. The Morgan fingerprint density at radius 3 is 2.76 bits per heavy atom. The minimum atomic E-state index is -0.778. The number of aliphatic hydroxyl groups is 2. The van der Waals surface area contributed by atoms with Gasteiger partial charge in [-0.3, -0.25) is 0 Å². The van der Waals surface area contributed by atoms with Gasteiger partial charge in [0.25, 0.3) is 6.01 Å². The van der Waals surface area contributed by atoms with E-state index in [1.54, 1.807) is 12.3 Å². The van der Waals surface area contributed by atoms with E-state index in [2.05, 4.69) is 19.9 Å². The fraction of sp³-hybridized carbons (Fsp3) is 0.318. The lowest BCUT2D eigenvalue weighted by atomic mass is 10.0. The van der Waals surface area contributed by atoms with E-state index >= 15 is 0 Å². The van der Waals surface area contributed by atoms with Crippen LogP contribution in [0.3, 0.4) is 0 Å². The van der Waals surface area contributed by atoms with E-state index in [-0.39, 0.29) is 30.9 Å². The van der Waals surface area contributed by atoms with Gasteiger partial charge >= 0.3 is 0 Å². The molecule has 0 radical (unpaired) electrons. The highest BCUT2D eigenvalue weighted by Gasteiger charge is 2.48. The number of ether oxygens (including phenoxy) is 3. The van der Waals surface area contributed by atoms with Gasteiger partial charge in [0, 0.05) is 17.1 Å². The summed E-state index contributed by atoms with van der Waals surface area (Å²) >= 11 is 7.92. The summed E-state index contributed by atoms with van der Waals surface area (Å²) in [5.41, 5.74) is 3.20. The van der Waals surface area contributed by atoms with Gasteiger partial charge in [-0.25, -0.2) is 9.97 Å². The third-order valence-corrected chi connectivity index (χ3v) is 6.95. The molecule has 4 aromatic rings. The number of pyridine rings is 1. The molecule has 2 saturated heterocycles. The maximum Gasteiger partial charge on any atom is 0.296 e. The molecule has 9 nitrogen and oxygen atoms in total. The van der Waals surface area contributed by atoms with E-state index in [0.29, 0.717) is 33.5 Å². The SMILES string of the molecule is OC(c1ccc(-c2nc3nc(O[C@@H]4CO[C@H]5[C@@H]4OC[C@H]5O)[nH]c3cc2Cl)cc1)c1nccs1. The molecule has 0 amide bonds. The zero-order valence-electron chi connectivity index (χ0n) is 17.1. The van der Waals surface area contributed by atoms with Crippen LogP contribution in [0.25, 0.3) is 22.4 Å². The van der Waals surface area contributed by atoms with Crippen LogP contribution < -0.4 is 4.74 Å². The number of nitrogens with one attached hydrogen (secondary N) is 1. The second-order valence-corrected chi connectivity index (χ2v) is 9.28. The van der Waals surface area contributed by atoms with Crippen LogP contribution in [-0.2, 0) is 9.47 Å². The number of halogens is 1. The molecule has 1 unspecified atom stereocenters. The first-order chi connectivity index (χ1) is 16.1. The molecule has 2 aliphatic heterocycles. The van der Waals surface area contributed by atoms with Crippen molar-refractivity contribution < 1.29 is 24.4 Å². The Balaban J connectivity index is 1.24. The number of rotatable bonds is 5. The quantitative estimate of drug-likeness (QED) is 0.393. The van der Waals surface area contributed by atoms with Gasteiger partial charge in [0.05, 0.1) is 29.4 Å². The molecule has 33 heavy (non-hydrogen) atoms. The number of benzene rings is 1. The molecule has 0 bridgehead atoms. The van der Waals surface area contributed by atoms with E-state index in [9.17, 15) is 10.2 Å². The van der Waals surface area contributed by atoms with Gasteiger partial charge in [-0.1, -0.05) is 35.9 Å². The molecule has 3 aromatic heterocycles. The fourth-order valence-corrected chi connectivity index (χ4v) is 5.09. The van der Waals surface area contributed by atoms with Gasteiger partial charge < -0.3 is 29.4 Å². The van der Waals surface area contributed by atoms with E-state index in [1.165, 1.54) is 11.3 Å². The molecule has 5 heterocycles. The Labute approximate surface area is 197 Å². The Morgan fingerprint density at radius 1 is 1.15 bits per heavy atom. The van der Waals surface area contributed by atoms with Crippen molar-refractivity contribution in [3.63, 3.8) is 0 Å². The normalized spacial score (nSPS) is 25.4. The second-order valence-electron chi connectivity index (χ2n) is 7.95. The molecular formula is C22H19ClN4O5S. The fourth-order valence-electron chi connectivity index (χ4n) is 4.18. The van der Waals surface area contributed by atoms with Crippen molar-refractivity contribution in [3.05, 3.63) is 57.5 Å². The highest BCUT2D eigenvalue weighted by atomic mass is 35.5. The lowest BCUT2D eigenvalue weighted by molar-refractivity contribution is 0.00706. The summed E-state index contributed by atoms with van der Waals surface area (Å²) in [5, 5.41) is 23.3. The van der Waals surface area contributed by atoms with Crippen molar-refractivity contribution in [2.45, 2.75) is 30.5 Å². The first-order valence-electron chi connectivity index (χ1n) is 10.4. The largest absolute Gasteiger partial charge is 0.456 e. The molecule has 11 heteroatoms. The van der Waals surface area contributed by atoms with Crippen LogP contribution in [0.1, 0.15) is 16.7 Å². The molecule has 0 aliphatic carbocycles.